The molecule has 0 unspecified atom stereocenters. The number of benzene rings is 1. The summed E-state index contributed by atoms with van der Waals surface area (Å²) in [7, 11) is 0. The summed E-state index contributed by atoms with van der Waals surface area (Å²) in [6, 6.07) is 3.83. The van der Waals surface area contributed by atoms with Gasteiger partial charge in [0, 0.05) is 11.6 Å². The molecule has 17 heavy (non-hydrogen) atoms. The van der Waals surface area contributed by atoms with E-state index >= 15 is 0 Å². The molecule has 1 aromatic carbocycles. The van der Waals surface area contributed by atoms with E-state index in [9.17, 15) is 0 Å². The fourth-order valence-corrected chi connectivity index (χ4v) is 2.12. The molecule has 0 aliphatic heterocycles. The molecule has 0 aromatic heterocycles. The molecule has 0 heterocycles. The van der Waals surface area contributed by atoms with E-state index < -0.39 is 0 Å². The third-order valence-electron chi connectivity index (χ3n) is 3.01. The summed E-state index contributed by atoms with van der Waals surface area (Å²) in [6.07, 6.45) is 2.40. The number of nitrogens with one attached hydrogen (secondary N) is 1. The van der Waals surface area contributed by atoms with Crippen LogP contribution in [0, 0.1) is 12.3 Å². The van der Waals surface area contributed by atoms with Crippen LogP contribution in [0.5, 0.6) is 0 Å². The highest BCUT2D eigenvalue weighted by Crippen LogP contribution is 2.29. The van der Waals surface area contributed by atoms with Crippen LogP contribution in [0.2, 0.25) is 5.02 Å². The summed E-state index contributed by atoms with van der Waals surface area (Å²) >= 11 is 6.02. The summed E-state index contributed by atoms with van der Waals surface area (Å²) in [6.45, 7) is 9.66. The standard InChI is InChI=1S/C14H23ClN2/c1-5-6-14(3,4)9-17-13-7-10(2)11(15)8-12(13)16/h7-8,17H,5-6,9,16H2,1-4H3. The van der Waals surface area contributed by atoms with Gasteiger partial charge in [-0.15, -0.1) is 0 Å². The first kappa shape index (κ1) is 14.2. The predicted molar refractivity (Wildman–Crippen MR) is 77.8 cm³/mol. The zero-order chi connectivity index (χ0) is 13.1. The van der Waals surface area contributed by atoms with Gasteiger partial charge in [-0.1, -0.05) is 38.8 Å². The molecule has 3 heteroatoms. The van der Waals surface area contributed by atoms with Crippen molar-refractivity contribution in [2.45, 2.75) is 40.5 Å². The molecular formula is C14H23ClN2. The first-order chi connectivity index (χ1) is 7.85. The van der Waals surface area contributed by atoms with Gasteiger partial charge < -0.3 is 11.1 Å². The molecule has 0 radical (unpaired) electrons. The summed E-state index contributed by atoms with van der Waals surface area (Å²) < 4.78 is 0. The Balaban J connectivity index is 2.73. The SMILES string of the molecule is CCCC(C)(C)CNc1cc(C)c(Cl)cc1N. The lowest BCUT2D eigenvalue weighted by atomic mass is 9.88. The lowest BCUT2D eigenvalue weighted by Gasteiger charge is -2.25. The number of halogens is 1. The van der Waals surface area contributed by atoms with Gasteiger partial charge in [0.25, 0.3) is 0 Å². The van der Waals surface area contributed by atoms with Crippen molar-refractivity contribution in [3.05, 3.63) is 22.7 Å². The molecule has 0 saturated carbocycles. The van der Waals surface area contributed by atoms with Crippen molar-refractivity contribution in [2.75, 3.05) is 17.6 Å². The molecule has 2 nitrogen and oxygen atoms in total. The number of rotatable bonds is 5. The summed E-state index contributed by atoms with van der Waals surface area (Å²) in [5.74, 6) is 0. The minimum Gasteiger partial charge on any atom is -0.397 e. The average Bonchev–Trinajstić information content (AvgIpc) is 2.21. The van der Waals surface area contributed by atoms with E-state index in [0.29, 0.717) is 5.69 Å². The maximum absolute atomic E-state index is 6.02. The van der Waals surface area contributed by atoms with Crippen molar-refractivity contribution in [1.29, 1.82) is 0 Å². The summed E-state index contributed by atoms with van der Waals surface area (Å²) in [4.78, 5) is 0. The van der Waals surface area contributed by atoms with Crippen LogP contribution in [0.25, 0.3) is 0 Å². The van der Waals surface area contributed by atoms with Crippen molar-refractivity contribution >= 4 is 23.0 Å². The zero-order valence-corrected chi connectivity index (χ0v) is 12.0. The van der Waals surface area contributed by atoms with Gasteiger partial charge in [0.1, 0.15) is 0 Å². The third-order valence-corrected chi connectivity index (χ3v) is 3.42. The Morgan fingerprint density at radius 1 is 1.35 bits per heavy atom. The summed E-state index contributed by atoms with van der Waals surface area (Å²) in [5.41, 5.74) is 8.98. The molecule has 1 rings (SSSR count). The van der Waals surface area contributed by atoms with Crippen molar-refractivity contribution < 1.29 is 0 Å². The van der Waals surface area contributed by atoms with Gasteiger partial charge in [0.15, 0.2) is 0 Å². The highest BCUT2D eigenvalue weighted by Gasteiger charge is 2.16. The van der Waals surface area contributed by atoms with Gasteiger partial charge in [0.2, 0.25) is 0 Å². The average molecular weight is 255 g/mol. The van der Waals surface area contributed by atoms with Gasteiger partial charge >= 0.3 is 0 Å². The number of nitrogen functional groups attached to an aromatic ring is 1. The zero-order valence-electron chi connectivity index (χ0n) is 11.2. The molecular weight excluding hydrogens is 232 g/mol. The van der Waals surface area contributed by atoms with Gasteiger partial charge in [0.05, 0.1) is 11.4 Å². The Bertz CT molecular complexity index is 386. The smallest absolute Gasteiger partial charge is 0.0577 e. The van der Waals surface area contributed by atoms with Crippen molar-refractivity contribution in [2.24, 2.45) is 5.41 Å². The molecule has 0 saturated heterocycles. The van der Waals surface area contributed by atoms with Gasteiger partial charge in [-0.2, -0.15) is 0 Å². The van der Waals surface area contributed by atoms with Crippen molar-refractivity contribution in [3.63, 3.8) is 0 Å². The van der Waals surface area contributed by atoms with Crippen molar-refractivity contribution in [3.8, 4) is 0 Å². The molecule has 0 aliphatic rings. The molecule has 0 bridgehead atoms. The lowest BCUT2D eigenvalue weighted by molar-refractivity contribution is 0.355. The van der Waals surface area contributed by atoms with E-state index in [1.165, 1.54) is 12.8 Å². The second-order valence-corrected chi connectivity index (χ2v) is 5.86. The Morgan fingerprint density at radius 3 is 2.59 bits per heavy atom. The molecule has 0 spiro atoms. The second kappa shape index (κ2) is 5.63. The monoisotopic (exact) mass is 254 g/mol. The molecule has 0 fully saturated rings. The molecule has 0 aliphatic carbocycles. The fraction of sp³-hybridized carbons (Fsp3) is 0.571. The van der Waals surface area contributed by atoms with Crippen LogP contribution in [0.15, 0.2) is 12.1 Å². The van der Waals surface area contributed by atoms with E-state index in [4.69, 9.17) is 17.3 Å². The fourth-order valence-electron chi connectivity index (χ4n) is 1.95. The lowest BCUT2D eigenvalue weighted by Crippen LogP contribution is -2.23. The van der Waals surface area contributed by atoms with Gasteiger partial charge in [-0.3, -0.25) is 0 Å². The van der Waals surface area contributed by atoms with E-state index in [-0.39, 0.29) is 5.41 Å². The largest absolute Gasteiger partial charge is 0.397 e. The molecule has 3 N–H and O–H groups in total. The Hall–Kier alpha value is -0.890. The molecule has 0 amide bonds. The van der Waals surface area contributed by atoms with Crippen LogP contribution < -0.4 is 11.1 Å². The highest BCUT2D eigenvalue weighted by atomic mass is 35.5. The van der Waals surface area contributed by atoms with E-state index in [0.717, 1.165) is 22.8 Å². The first-order valence-electron chi connectivity index (χ1n) is 6.15. The minimum atomic E-state index is 0.286. The van der Waals surface area contributed by atoms with Crippen molar-refractivity contribution in [1.82, 2.24) is 0 Å². The quantitative estimate of drug-likeness (QED) is 0.761. The van der Waals surface area contributed by atoms with Gasteiger partial charge in [-0.05, 0) is 36.5 Å². The maximum atomic E-state index is 6.02. The minimum absolute atomic E-state index is 0.286. The van der Waals surface area contributed by atoms with E-state index in [2.05, 4.69) is 26.1 Å². The Labute approximate surface area is 110 Å². The third kappa shape index (κ3) is 4.12. The number of anilines is 2. The number of nitrogens with two attached hydrogens (primary N) is 1. The van der Waals surface area contributed by atoms with Crippen LogP contribution >= 0.6 is 11.6 Å². The predicted octanol–water partition coefficient (Wildman–Crippen LogP) is 4.47. The van der Waals surface area contributed by atoms with Gasteiger partial charge in [-0.25, -0.2) is 0 Å². The van der Waals surface area contributed by atoms with E-state index in [1.807, 2.05) is 19.1 Å². The number of aryl methyl sites for hydroxylation is 1. The van der Waals surface area contributed by atoms with Crippen LogP contribution in [-0.2, 0) is 0 Å². The number of hydrogen-bond donors (Lipinski definition) is 2. The Morgan fingerprint density at radius 2 is 2.00 bits per heavy atom. The highest BCUT2D eigenvalue weighted by molar-refractivity contribution is 6.31. The first-order valence-corrected chi connectivity index (χ1v) is 6.53. The number of hydrogen-bond acceptors (Lipinski definition) is 2. The maximum Gasteiger partial charge on any atom is 0.0577 e. The van der Waals surface area contributed by atoms with Crippen LogP contribution in [0.3, 0.4) is 0 Å². The van der Waals surface area contributed by atoms with Crippen LogP contribution in [0.1, 0.15) is 39.2 Å². The second-order valence-electron chi connectivity index (χ2n) is 5.46. The Kier molecular flexibility index (Phi) is 4.70. The topological polar surface area (TPSA) is 38.0 Å². The summed E-state index contributed by atoms with van der Waals surface area (Å²) in [5, 5.41) is 4.15. The molecule has 1 aromatic rings. The van der Waals surface area contributed by atoms with Crippen LogP contribution in [0.4, 0.5) is 11.4 Å². The normalized spacial score (nSPS) is 11.6. The van der Waals surface area contributed by atoms with Crippen LogP contribution in [-0.4, -0.2) is 6.54 Å². The molecule has 0 atom stereocenters. The molecule has 96 valence electrons. The van der Waals surface area contributed by atoms with E-state index in [1.54, 1.807) is 0 Å².